The van der Waals surface area contributed by atoms with Crippen LogP contribution in [0.2, 0.25) is 0 Å². The van der Waals surface area contributed by atoms with Crippen LogP contribution in [0.25, 0.3) is 6.08 Å². The zero-order chi connectivity index (χ0) is 21.3. The van der Waals surface area contributed by atoms with Crippen molar-refractivity contribution < 1.29 is 30.3 Å². The zero-order valence-electron chi connectivity index (χ0n) is 16.8. The minimum absolute atomic E-state index is 0. The van der Waals surface area contributed by atoms with Gasteiger partial charge in [0.25, 0.3) is 5.91 Å². The summed E-state index contributed by atoms with van der Waals surface area (Å²) in [5, 5.41) is 23.2. The van der Waals surface area contributed by atoms with Crippen molar-refractivity contribution in [3.8, 4) is 5.75 Å². The van der Waals surface area contributed by atoms with Gasteiger partial charge < -0.3 is 5.11 Å². The number of azo groups is 1. The molecule has 1 amide bonds. The maximum absolute atomic E-state index is 12.4. The van der Waals surface area contributed by atoms with Crippen molar-refractivity contribution in [2.75, 3.05) is 5.01 Å². The topological polar surface area (TPSA) is 90.5 Å². The largest absolute Gasteiger partial charge is 2.00 e. The molecule has 2 aromatic carbocycles. The summed E-state index contributed by atoms with van der Waals surface area (Å²) < 4.78 is 0. The van der Waals surface area contributed by atoms with Gasteiger partial charge in [-0.25, -0.2) is 0 Å². The zero-order valence-corrected chi connectivity index (χ0v) is 18.3. The fourth-order valence-electron chi connectivity index (χ4n) is 2.61. The first-order valence-electron chi connectivity index (χ1n) is 9.25. The van der Waals surface area contributed by atoms with Crippen LogP contribution >= 0.6 is 0 Å². The molecule has 31 heavy (non-hydrogen) atoms. The predicted octanol–water partition coefficient (Wildman–Crippen LogP) is 4.99. The van der Waals surface area contributed by atoms with Gasteiger partial charge in [0.2, 0.25) is 0 Å². The second-order valence-corrected chi connectivity index (χ2v) is 6.32. The number of nitrogens with zero attached hydrogens (tertiary/aromatic N) is 5. The van der Waals surface area contributed by atoms with E-state index in [2.05, 4.69) is 26.9 Å². The standard InChI is InChI=1S/C16H14N4O2.C7H7N.Pd/c1-11-15(18-17-13-9-5-6-10-14(13)21)16(22)20(19-11)12-7-3-2-4-8-12;1-2-7-3-5-8-6-4-7;/h2-10,15,21H,1H3;2-6H,1H2;/q;;+2. The van der Waals surface area contributed by atoms with Crippen molar-refractivity contribution in [1.29, 1.82) is 0 Å². The number of anilines is 1. The van der Waals surface area contributed by atoms with Crippen LogP contribution in [0.4, 0.5) is 11.4 Å². The smallest absolute Gasteiger partial charge is 0.506 e. The summed E-state index contributed by atoms with van der Waals surface area (Å²) in [5.41, 5.74) is 2.68. The summed E-state index contributed by atoms with van der Waals surface area (Å²) in [5.74, 6) is -0.242. The molecule has 0 radical (unpaired) electrons. The first kappa shape index (κ1) is 23.8. The van der Waals surface area contributed by atoms with Gasteiger partial charge in [-0.1, -0.05) is 43.0 Å². The Morgan fingerprint density at radius 1 is 1.03 bits per heavy atom. The molecule has 3 aromatic rings. The number of rotatable bonds is 4. The summed E-state index contributed by atoms with van der Waals surface area (Å²) in [6.07, 6.45) is 5.29. The molecule has 7 nitrogen and oxygen atoms in total. The van der Waals surface area contributed by atoms with Crippen molar-refractivity contribution in [3.63, 3.8) is 0 Å². The third-order valence-corrected chi connectivity index (χ3v) is 4.20. The van der Waals surface area contributed by atoms with Gasteiger partial charge in [0.1, 0.15) is 11.4 Å². The normalized spacial score (nSPS) is 15.0. The minimum atomic E-state index is -0.764. The van der Waals surface area contributed by atoms with E-state index < -0.39 is 6.04 Å². The Bertz CT molecular complexity index is 1070. The van der Waals surface area contributed by atoms with E-state index in [-0.39, 0.29) is 32.1 Å². The molecule has 8 heteroatoms. The Morgan fingerprint density at radius 2 is 1.68 bits per heavy atom. The number of para-hydroxylation sites is 2. The molecule has 0 bridgehead atoms. The molecular formula is C23H21N5O2Pd+2. The van der Waals surface area contributed by atoms with Crippen molar-refractivity contribution in [1.82, 2.24) is 4.98 Å². The van der Waals surface area contributed by atoms with E-state index in [4.69, 9.17) is 0 Å². The molecule has 0 saturated carbocycles. The average Bonchev–Trinajstić information content (AvgIpc) is 3.08. The van der Waals surface area contributed by atoms with Gasteiger partial charge in [0.05, 0.1) is 11.4 Å². The van der Waals surface area contributed by atoms with Crippen LogP contribution < -0.4 is 5.01 Å². The number of aromatic hydroxyl groups is 1. The molecular weight excluding hydrogens is 485 g/mol. The Balaban J connectivity index is 0.000000322. The van der Waals surface area contributed by atoms with Crippen LogP contribution in [-0.4, -0.2) is 27.8 Å². The number of benzene rings is 2. The van der Waals surface area contributed by atoms with E-state index in [1.165, 1.54) is 11.1 Å². The van der Waals surface area contributed by atoms with E-state index in [0.717, 1.165) is 5.56 Å². The minimum Gasteiger partial charge on any atom is -0.506 e. The third-order valence-electron chi connectivity index (χ3n) is 4.20. The molecule has 1 aromatic heterocycles. The van der Waals surface area contributed by atoms with Crippen molar-refractivity contribution >= 4 is 29.1 Å². The molecule has 0 aliphatic carbocycles. The van der Waals surface area contributed by atoms with Crippen molar-refractivity contribution in [2.45, 2.75) is 13.0 Å². The third kappa shape index (κ3) is 6.25. The Kier molecular flexibility index (Phi) is 8.95. The average molecular weight is 506 g/mol. The Morgan fingerprint density at radius 3 is 2.29 bits per heavy atom. The van der Waals surface area contributed by atoms with Crippen LogP contribution in [0.15, 0.2) is 101 Å². The first-order chi connectivity index (χ1) is 14.6. The van der Waals surface area contributed by atoms with E-state index in [1.807, 2.05) is 30.3 Å². The monoisotopic (exact) mass is 505 g/mol. The van der Waals surface area contributed by atoms with Crippen LogP contribution in [-0.2, 0) is 25.2 Å². The van der Waals surface area contributed by atoms with Gasteiger partial charge >= 0.3 is 20.4 Å². The first-order valence-corrected chi connectivity index (χ1v) is 9.25. The molecule has 1 aliphatic rings. The van der Waals surface area contributed by atoms with Crippen molar-refractivity contribution in [2.24, 2.45) is 15.3 Å². The summed E-state index contributed by atoms with van der Waals surface area (Å²) in [6, 6.07) is 18.8. The Hall–Kier alpha value is -3.47. The van der Waals surface area contributed by atoms with Crippen molar-refractivity contribution in [3.05, 3.63) is 91.3 Å². The van der Waals surface area contributed by atoms with Crippen LogP contribution in [0.1, 0.15) is 12.5 Å². The molecule has 1 aliphatic heterocycles. The number of carbonyl (C=O) groups excluding carboxylic acids is 1. The number of hydrazone groups is 1. The molecule has 158 valence electrons. The van der Waals surface area contributed by atoms with E-state index in [9.17, 15) is 9.90 Å². The molecule has 0 saturated heterocycles. The summed E-state index contributed by atoms with van der Waals surface area (Å²) in [7, 11) is 0. The van der Waals surface area contributed by atoms with Gasteiger partial charge in [-0.2, -0.15) is 20.3 Å². The molecule has 2 heterocycles. The van der Waals surface area contributed by atoms with E-state index >= 15 is 0 Å². The maximum Gasteiger partial charge on any atom is 2.00 e. The van der Waals surface area contributed by atoms with E-state index in [1.54, 1.807) is 55.7 Å². The van der Waals surface area contributed by atoms with Crippen LogP contribution in [0, 0.1) is 0 Å². The number of pyridine rings is 1. The number of phenolic OH excluding ortho intramolecular Hbond substituents is 1. The number of hydrogen-bond donors (Lipinski definition) is 1. The van der Waals surface area contributed by atoms with Crippen LogP contribution in [0.3, 0.4) is 0 Å². The maximum atomic E-state index is 12.4. The molecule has 1 N–H and O–H groups in total. The second kappa shape index (κ2) is 11.6. The molecule has 1 unspecified atom stereocenters. The SMILES string of the molecule is C=Cc1ccncc1.CC1=NN(c2ccccc2)C(=O)C1N=Nc1ccccc1O.[Pd+2]. The van der Waals surface area contributed by atoms with Gasteiger partial charge in [0.15, 0.2) is 6.04 Å². The molecule has 4 rings (SSSR count). The summed E-state index contributed by atoms with van der Waals surface area (Å²) in [4.78, 5) is 16.3. The fourth-order valence-corrected chi connectivity index (χ4v) is 2.61. The number of aromatic nitrogens is 1. The van der Waals surface area contributed by atoms with Crippen LogP contribution in [0.5, 0.6) is 5.75 Å². The fraction of sp³-hybridized carbons (Fsp3) is 0.0870. The van der Waals surface area contributed by atoms with Gasteiger partial charge in [-0.3, -0.25) is 9.78 Å². The number of carbonyl (C=O) groups is 1. The Labute approximate surface area is 194 Å². The summed E-state index contributed by atoms with van der Waals surface area (Å²) in [6.45, 7) is 5.33. The second-order valence-electron chi connectivity index (χ2n) is 6.32. The predicted molar refractivity (Wildman–Crippen MR) is 118 cm³/mol. The summed E-state index contributed by atoms with van der Waals surface area (Å²) >= 11 is 0. The van der Waals surface area contributed by atoms with Gasteiger partial charge in [-0.15, -0.1) is 0 Å². The quantitative estimate of drug-likeness (QED) is 0.400. The van der Waals surface area contributed by atoms with Gasteiger partial charge in [-0.05, 0) is 48.9 Å². The number of hydrogen-bond acceptors (Lipinski definition) is 6. The number of phenols is 1. The van der Waals surface area contributed by atoms with E-state index in [0.29, 0.717) is 17.1 Å². The van der Waals surface area contributed by atoms with Gasteiger partial charge in [0, 0.05) is 12.4 Å². The molecule has 0 spiro atoms. The number of amides is 1. The molecule has 0 fully saturated rings. The molecule has 1 atom stereocenters.